The summed E-state index contributed by atoms with van der Waals surface area (Å²) in [7, 11) is 4.15. The Morgan fingerprint density at radius 3 is 2.91 bits per heavy atom. The minimum absolute atomic E-state index is 0.333. The predicted molar refractivity (Wildman–Crippen MR) is 96.8 cm³/mol. The van der Waals surface area contributed by atoms with Gasteiger partial charge in [-0.1, -0.05) is 24.3 Å². The van der Waals surface area contributed by atoms with Crippen LogP contribution in [0.1, 0.15) is 23.1 Å². The zero-order chi connectivity index (χ0) is 15.8. The lowest BCUT2D eigenvalue weighted by atomic mass is 9.91. The summed E-state index contributed by atoms with van der Waals surface area (Å²) >= 11 is 1.95. The Hall–Kier alpha value is -1.65. The summed E-state index contributed by atoms with van der Waals surface area (Å²) in [6.45, 7) is 1.65. The van der Waals surface area contributed by atoms with Crippen LogP contribution in [-0.2, 0) is 0 Å². The predicted octanol–water partition coefficient (Wildman–Crippen LogP) is 3.98. The van der Waals surface area contributed by atoms with E-state index < -0.39 is 0 Å². The van der Waals surface area contributed by atoms with Crippen LogP contribution < -0.4 is 10.1 Å². The third kappa shape index (κ3) is 2.70. The van der Waals surface area contributed by atoms with E-state index in [2.05, 4.69) is 66.8 Å². The topological polar surface area (TPSA) is 24.5 Å². The van der Waals surface area contributed by atoms with Gasteiger partial charge in [-0.3, -0.25) is 0 Å². The van der Waals surface area contributed by atoms with Crippen molar-refractivity contribution in [2.75, 3.05) is 38.3 Å². The van der Waals surface area contributed by atoms with Crippen LogP contribution in [0.2, 0.25) is 0 Å². The van der Waals surface area contributed by atoms with E-state index in [1.165, 1.54) is 21.7 Å². The minimum Gasteiger partial charge on any atom is -0.492 e. The maximum absolute atomic E-state index is 6.13. The third-order valence-corrected chi connectivity index (χ3v) is 5.82. The minimum atomic E-state index is 0.333. The van der Waals surface area contributed by atoms with Crippen LogP contribution in [-0.4, -0.2) is 37.9 Å². The van der Waals surface area contributed by atoms with E-state index in [0.717, 1.165) is 24.7 Å². The van der Waals surface area contributed by atoms with E-state index in [-0.39, 0.29) is 0 Å². The van der Waals surface area contributed by atoms with Crippen molar-refractivity contribution >= 4 is 17.4 Å². The average molecular weight is 326 g/mol. The summed E-state index contributed by atoms with van der Waals surface area (Å²) in [6.07, 6.45) is 0. The first-order valence-electron chi connectivity index (χ1n) is 8.13. The van der Waals surface area contributed by atoms with Crippen molar-refractivity contribution < 1.29 is 4.74 Å². The summed E-state index contributed by atoms with van der Waals surface area (Å²) in [4.78, 5) is 3.50. The van der Waals surface area contributed by atoms with Crippen LogP contribution in [0, 0.1) is 0 Å². The molecule has 2 atom stereocenters. The van der Waals surface area contributed by atoms with E-state index in [9.17, 15) is 0 Å². The standard InChI is InChI=1S/C19H22N2OS/c1-21(2)10-11-22-16-8-5-9-17-18(16)19-14(12-23-17)13-6-3-4-7-15(13)20-19/h3-9,14,19-20H,10-12H2,1-2H3. The number of hydrogen-bond acceptors (Lipinski definition) is 4. The maximum atomic E-state index is 6.13. The van der Waals surface area contributed by atoms with Gasteiger partial charge in [0.1, 0.15) is 12.4 Å². The fourth-order valence-electron chi connectivity index (χ4n) is 3.46. The van der Waals surface area contributed by atoms with E-state index >= 15 is 0 Å². The Bertz CT molecular complexity index is 716. The van der Waals surface area contributed by atoms with Crippen LogP contribution in [0.4, 0.5) is 5.69 Å². The van der Waals surface area contributed by atoms with Crippen molar-refractivity contribution in [3.05, 3.63) is 53.6 Å². The zero-order valence-electron chi connectivity index (χ0n) is 13.6. The van der Waals surface area contributed by atoms with Crippen molar-refractivity contribution in [3.63, 3.8) is 0 Å². The number of ether oxygens (including phenoxy) is 1. The van der Waals surface area contributed by atoms with E-state index in [0.29, 0.717) is 12.0 Å². The van der Waals surface area contributed by atoms with Crippen molar-refractivity contribution in [2.45, 2.75) is 16.9 Å². The first kappa shape index (κ1) is 14.9. The molecule has 2 aromatic rings. The van der Waals surface area contributed by atoms with Crippen LogP contribution in [0.25, 0.3) is 0 Å². The molecule has 0 saturated heterocycles. The number of para-hydroxylation sites is 1. The monoisotopic (exact) mass is 326 g/mol. The van der Waals surface area contributed by atoms with Gasteiger partial charge in [-0.2, -0.15) is 0 Å². The van der Waals surface area contributed by atoms with Crippen LogP contribution in [0.5, 0.6) is 5.75 Å². The molecule has 2 unspecified atom stereocenters. The molecule has 23 heavy (non-hydrogen) atoms. The first-order chi connectivity index (χ1) is 11.2. The number of anilines is 1. The summed E-state index contributed by atoms with van der Waals surface area (Å²) in [5.41, 5.74) is 4.06. The number of nitrogens with one attached hydrogen (secondary N) is 1. The molecule has 2 aliphatic heterocycles. The van der Waals surface area contributed by atoms with Gasteiger partial charge in [0.25, 0.3) is 0 Å². The molecule has 120 valence electrons. The Morgan fingerprint density at radius 1 is 1.17 bits per heavy atom. The molecule has 0 bridgehead atoms. The second kappa shape index (κ2) is 6.10. The van der Waals surface area contributed by atoms with Gasteiger partial charge in [-0.25, -0.2) is 0 Å². The molecule has 4 rings (SSSR count). The van der Waals surface area contributed by atoms with E-state index in [1.807, 2.05) is 11.8 Å². The molecule has 0 aromatic heterocycles. The van der Waals surface area contributed by atoms with Crippen LogP contribution >= 0.6 is 11.8 Å². The van der Waals surface area contributed by atoms with Gasteiger partial charge < -0.3 is 15.0 Å². The number of rotatable bonds is 4. The second-order valence-electron chi connectivity index (χ2n) is 6.45. The molecular formula is C19H22N2OS. The lowest BCUT2D eigenvalue weighted by molar-refractivity contribution is 0.257. The highest BCUT2D eigenvalue weighted by Gasteiger charge is 2.39. The van der Waals surface area contributed by atoms with Crippen molar-refractivity contribution in [1.82, 2.24) is 4.90 Å². The highest BCUT2D eigenvalue weighted by molar-refractivity contribution is 7.99. The number of benzene rings is 2. The van der Waals surface area contributed by atoms with Gasteiger partial charge in [0.05, 0.1) is 6.04 Å². The second-order valence-corrected chi connectivity index (χ2v) is 7.51. The number of hydrogen-bond donors (Lipinski definition) is 1. The van der Waals surface area contributed by atoms with Crippen LogP contribution in [0.3, 0.4) is 0 Å². The highest BCUT2D eigenvalue weighted by atomic mass is 32.2. The number of fused-ring (bicyclic) bond motifs is 5. The van der Waals surface area contributed by atoms with E-state index in [1.54, 1.807) is 0 Å². The number of nitrogens with zero attached hydrogens (tertiary/aromatic N) is 1. The Balaban J connectivity index is 1.65. The first-order valence-corrected chi connectivity index (χ1v) is 9.11. The fourth-order valence-corrected chi connectivity index (χ4v) is 4.75. The lowest BCUT2D eigenvalue weighted by Crippen LogP contribution is -2.22. The fraction of sp³-hybridized carbons (Fsp3) is 0.368. The summed E-state index contributed by atoms with van der Waals surface area (Å²) in [5.74, 6) is 2.69. The summed E-state index contributed by atoms with van der Waals surface area (Å²) < 4.78 is 6.13. The van der Waals surface area contributed by atoms with Crippen LogP contribution in [0.15, 0.2) is 47.4 Å². The Labute approximate surface area is 142 Å². The lowest BCUT2D eigenvalue weighted by Gasteiger charge is -2.30. The quantitative estimate of drug-likeness (QED) is 0.918. The molecule has 0 radical (unpaired) electrons. The van der Waals surface area contributed by atoms with Gasteiger partial charge in [-0.15, -0.1) is 11.8 Å². The number of thioether (sulfide) groups is 1. The highest BCUT2D eigenvalue weighted by Crippen LogP contribution is 2.54. The summed E-state index contributed by atoms with van der Waals surface area (Å²) in [6, 6.07) is 15.5. The Morgan fingerprint density at radius 2 is 2.04 bits per heavy atom. The van der Waals surface area contributed by atoms with Gasteiger partial charge in [0.2, 0.25) is 0 Å². The molecule has 0 amide bonds. The van der Waals surface area contributed by atoms with Crippen molar-refractivity contribution in [1.29, 1.82) is 0 Å². The van der Waals surface area contributed by atoms with Gasteiger partial charge in [-0.05, 0) is 37.9 Å². The molecule has 1 N–H and O–H groups in total. The molecule has 2 heterocycles. The average Bonchev–Trinajstić information content (AvgIpc) is 2.93. The molecule has 0 fully saturated rings. The van der Waals surface area contributed by atoms with Gasteiger partial charge in [0, 0.05) is 34.4 Å². The van der Waals surface area contributed by atoms with Crippen molar-refractivity contribution in [3.8, 4) is 5.75 Å². The SMILES string of the molecule is CN(C)CCOc1cccc2c1C1Nc3ccccc3C1CS2. The molecule has 2 aromatic carbocycles. The number of likely N-dealkylation sites (N-methyl/N-ethyl adjacent to an activating group) is 1. The smallest absolute Gasteiger partial charge is 0.125 e. The molecule has 0 spiro atoms. The summed E-state index contributed by atoms with van der Waals surface area (Å²) in [5, 5.41) is 3.73. The Kier molecular flexibility index (Phi) is 3.95. The normalized spacial score (nSPS) is 21.3. The molecule has 2 aliphatic rings. The molecule has 0 aliphatic carbocycles. The maximum Gasteiger partial charge on any atom is 0.125 e. The molecule has 4 heteroatoms. The molecular weight excluding hydrogens is 304 g/mol. The zero-order valence-corrected chi connectivity index (χ0v) is 14.4. The largest absolute Gasteiger partial charge is 0.492 e. The van der Waals surface area contributed by atoms with Gasteiger partial charge in [0.15, 0.2) is 0 Å². The molecule has 0 saturated carbocycles. The van der Waals surface area contributed by atoms with Crippen molar-refractivity contribution in [2.24, 2.45) is 0 Å². The van der Waals surface area contributed by atoms with E-state index in [4.69, 9.17) is 4.74 Å². The third-order valence-electron chi connectivity index (χ3n) is 4.63. The van der Waals surface area contributed by atoms with Gasteiger partial charge >= 0.3 is 0 Å². The molecule has 3 nitrogen and oxygen atoms in total.